The van der Waals surface area contributed by atoms with Crippen molar-refractivity contribution >= 4 is 15.9 Å². The van der Waals surface area contributed by atoms with Crippen LogP contribution in [0.15, 0.2) is 4.60 Å². The third-order valence-corrected chi connectivity index (χ3v) is 3.59. The standard InChI is InChI=1S/C11H16BrFN2/c1-7(2)15-8-5-4-6-11(3,13)9(8)10(12)14-15/h7H,4-6H2,1-3H3. The second-order valence-electron chi connectivity index (χ2n) is 4.70. The van der Waals surface area contributed by atoms with Crippen molar-refractivity contribution in [2.45, 2.75) is 51.7 Å². The van der Waals surface area contributed by atoms with Crippen LogP contribution in [0.3, 0.4) is 0 Å². The van der Waals surface area contributed by atoms with Crippen molar-refractivity contribution in [1.29, 1.82) is 0 Å². The highest BCUT2D eigenvalue weighted by molar-refractivity contribution is 9.10. The first-order valence-electron chi connectivity index (χ1n) is 5.40. The number of hydrogen-bond acceptors (Lipinski definition) is 1. The summed E-state index contributed by atoms with van der Waals surface area (Å²) in [5.41, 5.74) is 0.607. The van der Waals surface area contributed by atoms with Gasteiger partial charge in [0.05, 0.1) is 0 Å². The quantitative estimate of drug-likeness (QED) is 0.763. The van der Waals surface area contributed by atoms with Crippen LogP contribution in [0.5, 0.6) is 0 Å². The Labute approximate surface area is 98.0 Å². The maximum Gasteiger partial charge on any atom is 0.137 e. The lowest BCUT2D eigenvalue weighted by molar-refractivity contribution is 0.159. The molecule has 1 aliphatic rings. The number of aromatic nitrogens is 2. The van der Waals surface area contributed by atoms with Crippen LogP contribution >= 0.6 is 15.9 Å². The predicted molar refractivity (Wildman–Crippen MR) is 61.7 cm³/mol. The van der Waals surface area contributed by atoms with Gasteiger partial charge in [0.25, 0.3) is 0 Å². The molecule has 1 aromatic rings. The molecular weight excluding hydrogens is 259 g/mol. The van der Waals surface area contributed by atoms with Gasteiger partial charge in [-0.1, -0.05) is 0 Å². The highest BCUT2D eigenvalue weighted by Gasteiger charge is 2.37. The third kappa shape index (κ3) is 1.73. The molecule has 2 nitrogen and oxygen atoms in total. The fourth-order valence-electron chi connectivity index (χ4n) is 2.33. The van der Waals surface area contributed by atoms with Crippen LogP contribution in [0.1, 0.15) is 50.9 Å². The molecule has 1 heterocycles. The van der Waals surface area contributed by atoms with Crippen molar-refractivity contribution in [1.82, 2.24) is 9.78 Å². The maximum absolute atomic E-state index is 14.3. The minimum absolute atomic E-state index is 0.291. The number of halogens is 2. The van der Waals surface area contributed by atoms with Crippen molar-refractivity contribution in [3.05, 3.63) is 15.9 Å². The van der Waals surface area contributed by atoms with Crippen molar-refractivity contribution < 1.29 is 4.39 Å². The van der Waals surface area contributed by atoms with Crippen molar-refractivity contribution in [3.63, 3.8) is 0 Å². The topological polar surface area (TPSA) is 17.8 Å². The summed E-state index contributed by atoms with van der Waals surface area (Å²) >= 11 is 3.37. The molecule has 84 valence electrons. The average Bonchev–Trinajstić information content (AvgIpc) is 2.43. The Morgan fingerprint density at radius 2 is 2.20 bits per heavy atom. The van der Waals surface area contributed by atoms with E-state index in [1.54, 1.807) is 6.92 Å². The highest BCUT2D eigenvalue weighted by Crippen LogP contribution is 2.42. The van der Waals surface area contributed by atoms with Gasteiger partial charge in [-0.15, -0.1) is 0 Å². The zero-order valence-electron chi connectivity index (χ0n) is 9.35. The molecule has 1 aliphatic carbocycles. The summed E-state index contributed by atoms with van der Waals surface area (Å²) in [4.78, 5) is 0. The van der Waals surface area contributed by atoms with E-state index >= 15 is 0 Å². The molecule has 1 atom stereocenters. The van der Waals surface area contributed by atoms with Gasteiger partial charge >= 0.3 is 0 Å². The molecule has 0 bridgehead atoms. The summed E-state index contributed by atoms with van der Waals surface area (Å²) in [5.74, 6) is 0. The summed E-state index contributed by atoms with van der Waals surface area (Å²) < 4.78 is 16.9. The summed E-state index contributed by atoms with van der Waals surface area (Å²) in [6.45, 7) is 5.80. The minimum atomic E-state index is -1.22. The molecule has 2 rings (SSSR count). The SMILES string of the molecule is CC(C)n1nc(Br)c2c1CCCC2(C)F. The zero-order chi connectivity index (χ0) is 11.2. The number of hydrogen-bond donors (Lipinski definition) is 0. The van der Waals surface area contributed by atoms with Gasteiger partial charge in [-0.3, -0.25) is 4.68 Å². The Morgan fingerprint density at radius 1 is 1.53 bits per heavy atom. The average molecular weight is 275 g/mol. The zero-order valence-corrected chi connectivity index (χ0v) is 10.9. The molecule has 0 radical (unpaired) electrons. The summed E-state index contributed by atoms with van der Waals surface area (Å²) in [5, 5.41) is 4.38. The van der Waals surface area contributed by atoms with Gasteiger partial charge in [-0.25, -0.2) is 4.39 Å². The lowest BCUT2D eigenvalue weighted by atomic mass is 9.86. The smallest absolute Gasteiger partial charge is 0.137 e. The molecule has 1 aromatic heterocycles. The van der Waals surface area contributed by atoms with Crippen molar-refractivity contribution in [2.75, 3.05) is 0 Å². The molecule has 4 heteroatoms. The molecule has 1 unspecified atom stereocenters. The summed E-state index contributed by atoms with van der Waals surface area (Å²) in [7, 11) is 0. The molecule has 15 heavy (non-hydrogen) atoms. The van der Waals surface area contributed by atoms with E-state index in [4.69, 9.17) is 0 Å². The Bertz CT molecular complexity index is 382. The van der Waals surface area contributed by atoms with Gasteiger partial charge in [-0.05, 0) is 56.0 Å². The summed E-state index contributed by atoms with van der Waals surface area (Å²) in [6.07, 6.45) is 2.44. The number of fused-ring (bicyclic) bond motifs is 1. The van der Waals surface area contributed by atoms with Crippen LogP contribution in [0.25, 0.3) is 0 Å². The Hall–Kier alpha value is -0.380. The fourth-order valence-corrected chi connectivity index (χ4v) is 3.15. The van der Waals surface area contributed by atoms with E-state index < -0.39 is 5.67 Å². The van der Waals surface area contributed by atoms with Crippen LogP contribution in [0, 0.1) is 0 Å². The number of alkyl halides is 1. The van der Waals surface area contributed by atoms with E-state index in [9.17, 15) is 4.39 Å². The van der Waals surface area contributed by atoms with Crippen LogP contribution in [0.4, 0.5) is 4.39 Å². The van der Waals surface area contributed by atoms with Gasteiger partial charge in [0.15, 0.2) is 0 Å². The van der Waals surface area contributed by atoms with Crippen LogP contribution in [0.2, 0.25) is 0 Å². The fraction of sp³-hybridized carbons (Fsp3) is 0.727. The second kappa shape index (κ2) is 3.58. The molecule has 0 amide bonds. The molecule has 0 saturated heterocycles. The monoisotopic (exact) mass is 274 g/mol. The Morgan fingerprint density at radius 3 is 2.80 bits per heavy atom. The van der Waals surface area contributed by atoms with E-state index in [0.29, 0.717) is 17.1 Å². The van der Waals surface area contributed by atoms with Gasteiger partial charge < -0.3 is 0 Å². The number of nitrogens with zero attached hydrogens (tertiary/aromatic N) is 2. The van der Waals surface area contributed by atoms with Crippen molar-refractivity contribution in [2.24, 2.45) is 0 Å². The lowest BCUT2D eigenvalue weighted by Gasteiger charge is -2.27. The highest BCUT2D eigenvalue weighted by atomic mass is 79.9. The van der Waals surface area contributed by atoms with Crippen LogP contribution in [-0.4, -0.2) is 9.78 Å². The number of rotatable bonds is 1. The largest absolute Gasteiger partial charge is 0.266 e. The Kier molecular flexibility index (Phi) is 2.65. The third-order valence-electron chi connectivity index (χ3n) is 3.04. The molecule has 0 spiro atoms. The second-order valence-corrected chi connectivity index (χ2v) is 5.45. The normalized spacial score (nSPS) is 25.7. The molecule has 0 fully saturated rings. The maximum atomic E-state index is 14.3. The molecule has 0 aliphatic heterocycles. The summed E-state index contributed by atoms with van der Waals surface area (Å²) in [6, 6.07) is 0.291. The first kappa shape index (κ1) is 11.1. The van der Waals surface area contributed by atoms with Gasteiger partial charge in [-0.2, -0.15) is 5.10 Å². The van der Waals surface area contributed by atoms with E-state index in [-0.39, 0.29) is 0 Å². The first-order chi connectivity index (χ1) is 6.93. The lowest BCUT2D eigenvalue weighted by Crippen LogP contribution is -2.23. The van der Waals surface area contributed by atoms with E-state index in [2.05, 4.69) is 34.9 Å². The predicted octanol–water partition coefficient (Wildman–Crippen LogP) is 3.75. The van der Waals surface area contributed by atoms with Gasteiger partial charge in [0.2, 0.25) is 0 Å². The van der Waals surface area contributed by atoms with Gasteiger partial charge in [0.1, 0.15) is 10.3 Å². The molecule has 0 saturated carbocycles. The van der Waals surface area contributed by atoms with Gasteiger partial charge in [0, 0.05) is 17.3 Å². The molecule has 0 aromatic carbocycles. The van der Waals surface area contributed by atoms with E-state index in [1.165, 1.54) is 0 Å². The van der Waals surface area contributed by atoms with E-state index in [0.717, 1.165) is 24.1 Å². The van der Waals surface area contributed by atoms with E-state index in [1.807, 2.05) is 4.68 Å². The first-order valence-corrected chi connectivity index (χ1v) is 6.19. The molecular formula is C11H16BrFN2. The Balaban J connectivity index is 2.59. The molecule has 0 N–H and O–H groups in total. The van der Waals surface area contributed by atoms with Crippen LogP contribution < -0.4 is 0 Å². The minimum Gasteiger partial charge on any atom is -0.266 e. The van der Waals surface area contributed by atoms with Crippen LogP contribution in [-0.2, 0) is 12.1 Å². The van der Waals surface area contributed by atoms with Crippen molar-refractivity contribution in [3.8, 4) is 0 Å².